The van der Waals surface area contributed by atoms with Crippen molar-refractivity contribution in [3.8, 4) is 0 Å². The summed E-state index contributed by atoms with van der Waals surface area (Å²) in [5, 5.41) is 0.629. The zero-order valence-corrected chi connectivity index (χ0v) is 14.1. The molecule has 2 aromatic carbocycles. The molecule has 1 fully saturated rings. The highest BCUT2D eigenvalue weighted by molar-refractivity contribution is 8.27. The van der Waals surface area contributed by atoms with Gasteiger partial charge in [0.15, 0.2) is 4.32 Å². The maximum Gasteiger partial charge on any atom is 0.270 e. The van der Waals surface area contributed by atoms with Crippen molar-refractivity contribution in [2.45, 2.75) is 6.92 Å². The first kappa shape index (κ1) is 15.3. The zero-order valence-electron chi connectivity index (χ0n) is 11.7. The summed E-state index contributed by atoms with van der Waals surface area (Å²) < 4.78 is 0.534. The number of hydrogen-bond acceptors (Lipinski definition) is 3. The van der Waals surface area contributed by atoms with Crippen molar-refractivity contribution in [3.63, 3.8) is 0 Å². The second-order valence-electron chi connectivity index (χ2n) is 4.91. The number of benzene rings is 2. The van der Waals surface area contributed by atoms with Crippen molar-refractivity contribution < 1.29 is 4.79 Å². The molecular weight excluding hydrogens is 334 g/mol. The van der Waals surface area contributed by atoms with E-state index < -0.39 is 0 Å². The van der Waals surface area contributed by atoms with Crippen LogP contribution in [0.15, 0.2) is 53.4 Å². The fourth-order valence-electron chi connectivity index (χ4n) is 2.19. The number of aryl methyl sites for hydroxylation is 1. The van der Waals surface area contributed by atoms with E-state index in [1.807, 2.05) is 37.3 Å². The SMILES string of the molecule is Cc1cccc(/C=C2\SC(=S)N(c3ccc(Cl)cc3)C2=O)c1. The number of thiocarbonyl (C=S) groups is 1. The molecule has 0 spiro atoms. The van der Waals surface area contributed by atoms with Crippen LogP contribution in [0.25, 0.3) is 6.08 Å². The summed E-state index contributed by atoms with van der Waals surface area (Å²) >= 11 is 12.6. The molecule has 3 rings (SSSR count). The Hall–Kier alpha value is -1.62. The summed E-state index contributed by atoms with van der Waals surface area (Å²) in [6, 6.07) is 15.1. The molecule has 0 saturated carbocycles. The van der Waals surface area contributed by atoms with Gasteiger partial charge in [0.05, 0.1) is 10.6 Å². The molecule has 110 valence electrons. The van der Waals surface area contributed by atoms with Crippen molar-refractivity contribution in [3.05, 3.63) is 69.6 Å². The fraction of sp³-hybridized carbons (Fsp3) is 0.0588. The first-order chi connectivity index (χ1) is 10.5. The molecular formula is C17H12ClNOS2. The Kier molecular flexibility index (Phi) is 4.34. The van der Waals surface area contributed by atoms with Gasteiger partial charge in [0.25, 0.3) is 5.91 Å². The standard InChI is InChI=1S/C17H12ClNOS2/c1-11-3-2-4-12(9-11)10-15-16(20)19(17(21)22-15)14-7-5-13(18)6-8-14/h2-10H,1H3/b15-10-. The van der Waals surface area contributed by atoms with Gasteiger partial charge in [-0.15, -0.1) is 0 Å². The molecule has 0 radical (unpaired) electrons. The maximum atomic E-state index is 12.6. The fourth-order valence-corrected chi connectivity index (χ4v) is 3.62. The maximum absolute atomic E-state index is 12.6. The Bertz CT molecular complexity index is 784. The van der Waals surface area contributed by atoms with Gasteiger partial charge in [0.1, 0.15) is 0 Å². The van der Waals surface area contributed by atoms with E-state index in [0.717, 1.165) is 16.8 Å². The van der Waals surface area contributed by atoms with Crippen molar-refractivity contribution in [1.82, 2.24) is 0 Å². The number of anilines is 1. The first-order valence-electron chi connectivity index (χ1n) is 6.65. The number of amides is 1. The van der Waals surface area contributed by atoms with Crippen LogP contribution in [0, 0.1) is 6.92 Å². The van der Waals surface area contributed by atoms with Gasteiger partial charge in [-0.1, -0.05) is 65.4 Å². The molecule has 1 aliphatic rings. The van der Waals surface area contributed by atoms with E-state index in [1.165, 1.54) is 16.7 Å². The van der Waals surface area contributed by atoms with Crippen LogP contribution < -0.4 is 4.90 Å². The predicted molar refractivity (Wildman–Crippen MR) is 98.3 cm³/mol. The lowest BCUT2D eigenvalue weighted by Crippen LogP contribution is -2.27. The number of thioether (sulfide) groups is 1. The van der Waals surface area contributed by atoms with E-state index in [0.29, 0.717) is 14.2 Å². The normalized spacial score (nSPS) is 16.6. The van der Waals surface area contributed by atoms with Gasteiger partial charge in [0, 0.05) is 5.02 Å². The highest BCUT2D eigenvalue weighted by Crippen LogP contribution is 2.36. The monoisotopic (exact) mass is 345 g/mol. The number of rotatable bonds is 2. The van der Waals surface area contributed by atoms with Crippen molar-refractivity contribution in [1.29, 1.82) is 0 Å². The van der Waals surface area contributed by atoms with Crippen molar-refractivity contribution >= 4 is 57.6 Å². The van der Waals surface area contributed by atoms with Crippen LogP contribution in [0.2, 0.25) is 5.02 Å². The van der Waals surface area contributed by atoms with E-state index in [2.05, 4.69) is 0 Å². The molecule has 1 amide bonds. The van der Waals surface area contributed by atoms with Crippen LogP contribution in [-0.4, -0.2) is 10.2 Å². The lowest BCUT2D eigenvalue weighted by molar-refractivity contribution is -0.113. The Labute approximate surface area is 143 Å². The largest absolute Gasteiger partial charge is 0.270 e. The minimum absolute atomic E-state index is 0.0983. The predicted octanol–water partition coefficient (Wildman–Crippen LogP) is 5.05. The number of carbonyl (C=O) groups is 1. The smallest absolute Gasteiger partial charge is 0.268 e. The summed E-state index contributed by atoms with van der Waals surface area (Å²) in [4.78, 5) is 14.8. The molecule has 0 atom stereocenters. The van der Waals surface area contributed by atoms with E-state index in [4.69, 9.17) is 23.8 Å². The first-order valence-corrected chi connectivity index (χ1v) is 8.25. The second-order valence-corrected chi connectivity index (χ2v) is 7.02. The zero-order chi connectivity index (χ0) is 15.7. The van der Waals surface area contributed by atoms with Crippen LogP contribution in [-0.2, 0) is 4.79 Å². The van der Waals surface area contributed by atoms with E-state index in [-0.39, 0.29) is 5.91 Å². The second kappa shape index (κ2) is 6.24. The van der Waals surface area contributed by atoms with Gasteiger partial charge in [-0.05, 0) is 42.8 Å². The highest BCUT2D eigenvalue weighted by atomic mass is 35.5. The van der Waals surface area contributed by atoms with Gasteiger partial charge in [-0.25, -0.2) is 0 Å². The van der Waals surface area contributed by atoms with E-state index in [9.17, 15) is 4.79 Å². The van der Waals surface area contributed by atoms with Crippen LogP contribution in [0.4, 0.5) is 5.69 Å². The molecule has 5 heteroatoms. The van der Waals surface area contributed by atoms with Crippen molar-refractivity contribution in [2.24, 2.45) is 0 Å². The van der Waals surface area contributed by atoms with Gasteiger partial charge in [-0.2, -0.15) is 0 Å². The average Bonchev–Trinajstić information content (AvgIpc) is 2.75. The van der Waals surface area contributed by atoms with Gasteiger partial charge < -0.3 is 0 Å². The summed E-state index contributed by atoms with van der Waals surface area (Å²) in [5.74, 6) is -0.0983. The van der Waals surface area contributed by atoms with Gasteiger partial charge in [-0.3, -0.25) is 9.69 Å². The molecule has 0 unspecified atom stereocenters. The summed E-state index contributed by atoms with van der Waals surface area (Å²) in [6.07, 6.45) is 1.88. The molecule has 2 nitrogen and oxygen atoms in total. The molecule has 22 heavy (non-hydrogen) atoms. The lowest BCUT2D eigenvalue weighted by atomic mass is 10.1. The minimum Gasteiger partial charge on any atom is -0.268 e. The third kappa shape index (κ3) is 3.09. The van der Waals surface area contributed by atoms with E-state index in [1.54, 1.807) is 24.3 Å². The number of nitrogens with zero attached hydrogens (tertiary/aromatic N) is 1. The van der Waals surface area contributed by atoms with Crippen LogP contribution >= 0.6 is 35.6 Å². The van der Waals surface area contributed by atoms with Gasteiger partial charge >= 0.3 is 0 Å². The van der Waals surface area contributed by atoms with Crippen LogP contribution in [0.3, 0.4) is 0 Å². The summed E-state index contributed by atoms with van der Waals surface area (Å²) in [5.41, 5.74) is 2.89. The Morgan fingerprint density at radius 2 is 1.91 bits per heavy atom. The average molecular weight is 346 g/mol. The number of halogens is 1. The summed E-state index contributed by atoms with van der Waals surface area (Å²) in [6.45, 7) is 2.02. The minimum atomic E-state index is -0.0983. The molecule has 0 aliphatic carbocycles. The van der Waals surface area contributed by atoms with Crippen molar-refractivity contribution in [2.75, 3.05) is 4.90 Å². The van der Waals surface area contributed by atoms with Crippen LogP contribution in [0.5, 0.6) is 0 Å². The third-order valence-electron chi connectivity index (χ3n) is 3.22. The summed E-state index contributed by atoms with van der Waals surface area (Å²) in [7, 11) is 0. The molecule has 1 aliphatic heterocycles. The molecule has 0 N–H and O–H groups in total. The van der Waals surface area contributed by atoms with Crippen LogP contribution in [0.1, 0.15) is 11.1 Å². The molecule has 2 aromatic rings. The Balaban J connectivity index is 1.93. The Morgan fingerprint density at radius 1 is 1.18 bits per heavy atom. The molecule has 0 bridgehead atoms. The quantitative estimate of drug-likeness (QED) is 0.561. The molecule has 0 aromatic heterocycles. The number of carbonyl (C=O) groups excluding carboxylic acids is 1. The third-order valence-corrected chi connectivity index (χ3v) is 4.77. The van der Waals surface area contributed by atoms with Gasteiger partial charge in [0.2, 0.25) is 0 Å². The van der Waals surface area contributed by atoms with E-state index >= 15 is 0 Å². The topological polar surface area (TPSA) is 20.3 Å². The molecule has 1 heterocycles. The Morgan fingerprint density at radius 3 is 2.59 bits per heavy atom. The highest BCUT2D eigenvalue weighted by Gasteiger charge is 2.33. The number of hydrogen-bond donors (Lipinski definition) is 0. The molecule has 1 saturated heterocycles. The lowest BCUT2D eigenvalue weighted by Gasteiger charge is -2.14.